The van der Waals surface area contributed by atoms with Crippen LogP contribution in [0.15, 0.2) is 52.7 Å². The largest absolute Gasteiger partial charge is 0.416 e. The molecule has 5 nitrogen and oxygen atoms in total. The number of benzene rings is 2. The van der Waals surface area contributed by atoms with E-state index in [1.165, 1.54) is 30.3 Å². The van der Waals surface area contributed by atoms with Crippen LogP contribution in [-0.4, -0.2) is 29.1 Å². The Balaban J connectivity index is 1.70. The summed E-state index contributed by atoms with van der Waals surface area (Å²) in [5.41, 5.74) is 0.175. The monoisotopic (exact) mass is 409 g/mol. The van der Waals surface area contributed by atoms with E-state index in [1.54, 1.807) is 0 Å². The fourth-order valence-corrected chi connectivity index (χ4v) is 3.59. The van der Waals surface area contributed by atoms with Gasteiger partial charge in [-0.25, -0.2) is 4.39 Å². The first-order chi connectivity index (χ1) is 13.7. The van der Waals surface area contributed by atoms with E-state index in [9.17, 15) is 22.4 Å². The van der Waals surface area contributed by atoms with Gasteiger partial charge in [0, 0.05) is 11.3 Å². The van der Waals surface area contributed by atoms with E-state index < -0.39 is 30.0 Å². The van der Waals surface area contributed by atoms with Gasteiger partial charge in [-0.2, -0.15) is 18.3 Å². The summed E-state index contributed by atoms with van der Waals surface area (Å²) in [4.78, 5) is 13.3. The van der Waals surface area contributed by atoms with Gasteiger partial charge in [0.25, 0.3) is 0 Å². The van der Waals surface area contributed by atoms with Crippen LogP contribution >= 0.6 is 11.8 Å². The number of carbonyl (C=O) groups is 1. The third kappa shape index (κ3) is 3.47. The maximum absolute atomic E-state index is 13.5. The zero-order valence-corrected chi connectivity index (χ0v) is 14.8. The molecule has 144 valence electrons. The number of nitrogens with zero attached hydrogens (tertiary/aromatic N) is 3. The maximum Gasteiger partial charge on any atom is 0.416 e. The molecule has 0 saturated carbocycles. The molecule has 1 N–H and O–H groups in total. The van der Waals surface area contributed by atoms with Gasteiger partial charge in [-0.3, -0.25) is 9.69 Å². The van der Waals surface area contributed by atoms with Crippen LogP contribution in [0.4, 0.5) is 28.9 Å². The molecule has 4 rings (SSSR count). The molecule has 0 aliphatic carbocycles. The summed E-state index contributed by atoms with van der Waals surface area (Å²) in [5, 5.41) is 10.9. The zero-order valence-electron chi connectivity index (χ0n) is 15.0. The average Bonchev–Trinajstić information content (AvgIpc) is 3.18. The molecule has 2 heterocycles. The number of hydrogen-bond acceptors (Lipinski definition) is 5. The lowest BCUT2D eigenvalue weighted by molar-refractivity contribution is -0.137. The molecule has 0 bridgehead atoms. The highest BCUT2D eigenvalue weighted by Crippen LogP contribution is 2.34. The number of halogens is 4. The maximum atomic E-state index is 13.5. The number of amides is 1. The number of alkyl halides is 3. The molecule has 1 fully saturated rings. The highest BCUT2D eigenvalue weighted by Gasteiger charge is 2.34. The van der Waals surface area contributed by atoms with Crippen molar-refractivity contribution >= 4 is 39.9 Å². The van der Waals surface area contributed by atoms with E-state index in [2.05, 4.69) is 15.5 Å². The highest BCUT2D eigenvalue weighted by atomic mass is 32.2. The smallest absolute Gasteiger partial charge is 0.379 e. The number of thioether (sulfide) groups is 1. The van der Waals surface area contributed by atoms with Gasteiger partial charge in [0.1, 0.15) is 5.82 Å². The third-order valence-corrected chi connectivity index (χ3v) is 4.98. The number of hydrogen-bond donors (Lipinski definition) is 1. The van der Waals surface area contributed by atoms with Crippen molar-refractivity contribution < 1.29 is 23.7 Å². The molecule has 28 heavy (non-hydrogen) atoms. The van der Waals surface area contributed by atoms with E-state index in [0.29, 0.717) is 11.3 Å². The Morgan fingerprint density at radius 2 is 2.00 bits per heavy atom. The minimum absolute atomic E-state index is 0.00625. The van der Waals surface area contributed by atoms with Gasteiger partial charge in [0.2, 0.25) is 5.91 Å². The summed E-state index contributed by atoms with van der Waals surface area (Å²) >= 11 is 1.02. The normalized spacial score (nSPS) is 22.6. The first kappa shape index (κ1) is 17.2. The first-order valence-corrected chi connectivity index (χ1v) is 9.00. The van der Waals surface area contributed by atoms with Crippen LogP contribution in [0.1, 0.15) is 12.5 Å². The Bertz CT molecular complexity index is 1060. The first-order valence-electron chi connectivity index (χ1n) is 8.59. The molecule has 1 saturated heterocycles. The minimum atomic E-state index is -4.55. The Hall–Kier alpha value is -2.88. The summed E-state index contributed by atoms with van der Waals surface area (Å²) in [6, 6.07) is 8.29. The number of amidine groups is 1. The van der Waals surface area contributed by atoms with E-state index in [-0.39, 0.29) is 22.3 Å². The van der Waals surface area contributed by atoms with E-state index in [4.69, 9.17) is 1.37 Å². The Labute approximate surface area is 162 Å². The van der Waals surface area contributed by atoms with Gasteiger partial charge >= 0.3 is 6.18 Å². The average molecular weight is 409 g/mol. The highest BCUT2D eigenvalue weighted by molar-refractivity contribution is 8.15. The SMILES string of the molecule is [2H]C1Nc2ccc(F)cc2C1=NN=C1SCC(=O)N1c1cccc(C(F)(F)F)c1. The molecule has 1 atom stereocenters. The molecule has 1 amide bonds. The van der Waals surface area contributed by atoms with Crippen molar-refractivity contribution in [2.45, 2.75) is 6.18 Å². The van der Waals surface area contributed by atoms with Crippen molar-refractivity contribution in [1.29, 1.82) is 0 Å². The summed E-state index contributed by atoms with van der Waals surface area (Å²) < 4.78 is 60.6. The minimum Gasteiger partial charge on any atom is -0.379 e. The lowest BCUT2D eigenvalue weighted by Crippen LogP contribution is -2.29. The van der Waals surface area contributed by atoms with Crippen LogP contribution in [0.5, 0.6) is 0 Å². The van der Waals surface area contributed by atoms with Crippen LogP contribution in [0.25, 0.3) is 0 Å². The van der Waals surface area contributed by atoms with Gasteiger partial charge in [0.05, 0.1) is 30.6 Å². The van der Waals surface area contributed by atoms with Gasteiger partial charge < -0.3 is 5.32 Å². The molecule has 2 aliphatic rings. The van der Waals surface area contributed by atoms with Gasteiger partial charge in [-0.1, -0.05) is 17.8 Å². The lowest BCUT2D eigenvalue weighted by atomic mass is 10.1. The molecule has 10 heteroatoms. The van der Waals surface area contributed by atoms with Crippen LogP contribution < -0.4 is 10.2 Å². The molecule has 2 aromatic rings. The number of rotatable bonds is 2. The molecular weight excluding hydrogens is 396 g/mol. The van der Waals surface area contributed by atoms with Crippen molar-refractivity contribution in [3.05, 3.63) is 59.4 Å². The third-order valence-electron chi connectivity index (χ3n) is 4.06. The van der Waals surface area contributed by atoms with Crippen LogP contribution in [0, 0.1) is 5.82 Å². The lowest BCUT2D eigenvalue weighted by Gasteiger charge is -2.17. The van der Waals surface area contributed by atoms with Gasteiger partial charge in [-0.05, 0) is 36.4 Å². The van der Waals surface area contributed by atoms with Crippen molar-refractivity contribution in [2.75, 3.05) is 22.5 Å². The summed E-state index contributed by atoms with van der Waals surface area (Å²) in [7, 11) is 0. The summed E-state index contributed by atoms with van der Waals surface area (Å²) in [6.07, 6.45) is -4.55. The molecular formula is C18H12F4N4OS. The Morgan fingerprint density at radius 3 is 2.79 bits per heavy atom. The molecule has 0 aromatic heterocycles. The number of nitrogens with one attached hydrogen (secondary N) is 1. The standard InChI is InChI=1S/C18H12F4N4OS/c19-11-4-5-14-13(7-11)15(8-23-14)24-25-17-26(16(27)9-28-17)12-3-1-2-10(6-12)18(20,21)22/h1-7,23H,8-9H2/i8D. The fourth-order valence-electron chi connectivity index (χ4n) is 2.77. The van der Waals surface area contributed by atoms with Crippen LogP contribution in [0.2, 0.25) is 0 Å². The molecule has 2 aliphatic heterocycles. The molecule has 0 radical (unpaired) electrons. The summed E-state index contributed by atoms with van der Waals surface area (Å²) in [5.74, 6) is -0.948. The molecule has 2 aromatic carbocycles. The van der Waals surface area contributed by atoms with E-state index >= 15 is 0 Å². The predicted molar refractivity (Wildman–Crippen MR) is 100 cm³/mol. The Morgan fingerprint density at radius 1 is 1.18 bits per heavy atom. The second-order valence-electron chi connectivity index (χ2n) is 5.91. The number of fused-ring (bicyclic) bond motifs is 1. The second kappa shape index (κ2) is 6.93. The second-order valence-corrected chi connectivity index (χ2v) is 6.85. The fraction of sp³-hybridized carbons (Fsp3) is 0.167. The Kier molecular flexibility index (Phi) is 4.27. The van der Waals surface area contributed by atoms with E-state index in [0.717, 1.165) is 28.8 Å². The number of anilines is 2. The van der Waals surface area contributed by atoms with Gasteiger partial charge in [0.15, 0.2) is 5.17 Å². The topological polar surface area (TPSA) is 57.1 Å². The number of carbonyl (C=O) groups excluding carboxylic acids is 1. The molecule has 1 unspecified atom stereocenters. The quantitative estimate of drug-likeness (QED) is 0.600. The van der Waals surface area contributed by atoms with E-state index in [1.807, 2.05) is 0 Å². The van der Waals surface area contributed by atoms with Crippen molar-refractivity contribution in [2.24, 2.45) is 10.2 Å². The van der Waals surface area contributed by atoms with Crippen LogP contribution in [-0.2, 0) is 11.0 Å². The van der Waals surface area contributed by atoms with Crippen molar-refractivity contribution in [3.8, 4) is 0 Å². The summed E-state index contributed by atoms with van der Waals surface area (Å²) in [6.45, 7) is -0.986. The zero-order chi connectivity index (χ0) is 20.8. The predicted octanol–water partition coefficient (Wildman–Crippen LogP) is 4.11. The van der Waals surface area contributed by atoms with Gasteiger partial charge in [-0.15, -0.1) is 5.10 Å². The van der Waals surface area contributed by atoms with Crippen LogP contribution in [0.3, 0.4) is 0 Å². The van der Waals surface area contributed by atoms with Crippen molar-refractivity contribution in [1.82, 2.24) is 0 Å². The van der Waals surface area contributed by atoms with Crippen molar-refractivity contribution in [3.63, 3.8) is 0 Å². The molecule has 0 spiro atoms.